The molecule has 1 aromatic carbocycles. The highest BCUT2D eigenvalue weighted by atomic mass is 16.5. The molecule has 1 aliphatic rings. The molecule has 26 heavy (non-hydrogen) atoms. The van der Waals surface area contributed by atoms with Crippen LogP contribution in [0.15, 0.2) is 24.3 Å². The molecule has 2 amide bonds. The zero-order valence-electron chi connectivity index (χ0n) is 16.4. The van der Waals surface area contributed by atoms with Gasteiger partial charge in [0.05, 0.1) is 25.3 Å². The number of methoxy groups -OCH3 is 1. The quantitative estimate of drug-likeness (QED) is 0.779. The molecule has 1 saturated heterocycles. The van der Waals surface area contributed by atoms with E-state index in [0.717, 1.165) is 37.1 Å². The maximum Gasteiger partial charge on any atom is 0.329 e. The minimum atomic E-state index is -0.655. The lowest BCUT2D eigenvalue weighted by Crippen LogP contribution is -2.59. The molecule has 1 aliphatic heterocycles. The van der Waals surface area contributed by atoms with Crippen molar-refractivity contribution in [3.63, 3.8) is 0 Å². The molecule has 146 valence electrons. The molecule has 3 atom stereocenters. The molecule has 0 aromatic heterocycles. The second-order valence-corrected chi connectivity index (χ2v) is 7.57. The Bertz CT molecular complexity index is 591. The van der Waals surface area contributed by atoms with Gasteiger partial charge in [-0.05, 0) is 49.8 Å². The van der Waals surface area contributed by atoms with Crippen molar-refractivity contribution in [1.82, 2.24) is 10.0 Å². The zero-order chi connectivity index (χ0) is 19.3. The lowest BCUT2D eigenvalue weighted by atomic mass is 9.95. The fourth-order valence-corrected chi connectivity index (χ4v) is 3.83. The summed E-state index contributed by atoms with van der Waals surface area (Å²) in [5, 5.41) is 14.0. The number of carbonyl (C=O) groups excluding carboxylic acids is 1. The van der Waals surface area contributed by atoms with E-state index in [1.807, 2.05) is 18.2 Å². The Morgan fingerprint density at radius 2 is 2.12 bits per heavy atom. The molecule has 1 fully saturated rings. The van der Waals surface area contributed by atoms with Crippen LogP contribution < -0.4 is 10.5 Å². The number of benzene rings is 1. The van der Waals surface area contributed by atoms with E-state index in [2.05, 4.69) is 24.9 Å². The van der Waals surface area contributed by atoms with Gasteiger partial charge >= 0.3 is 6.03 Å². The van der Waals surface area contributed by atoms with Crippen LogP contribution in [0.2, 0.25) is 0 Å². The fourth-order valence-electron chi connectivity index (χ4n) is 3.83. The molecule has 0 spiro atoms. The van der Waals surface area contributed by atoms with E-state index in [9.17, 15) is 9.90 Å². The topological polar surface area (TPSA) is 79.0 Å². The zero-order valence-corrected chi connectivity index (χ0v) is 16.4. The number of aliphatic hydroxyl groups is 1. The summed E-state index contributed by atoms with van der Waals surface area (Å²) in [7, 11) is 1.65. The second-order valence-electron chi connectivity index (χ2n) is 7.57. The smallest absolute Gasteiger partial charge is 0.329 e. The van der Waals surface area contributed by atoms with Crippen molar-refractivity contribution in [3.8, 4) is 5.75 Å². The molecule has 0 bridgehead atoms. The van der Waals surface area contributed by atoms with Gasteiger partial charge in [-0.3, -0.25) is 5.01 Å². The maximum absolute atomic E-state index is 12.4. The summed E-state index contributed by atoms with van der Waals surface area (Å²) in [4.78, 5) is 12.4. The van der Waals surface area contributed by atoms with E-state index >= 15 is 0 Å². The number of nitrogens with zero attached hydrogens (tertiary/aromatic N) is 2. The normalized spacial score (nSPS) is 20.6. The molecular formula is C20H33N3O3. The van der Waals surface area contributed by atoms with Gasteiger partial charge in [0, 0.05) is 6.54 Å². The number of piperidine rings is 1. The molecule has 1 aromatic rings. The molecule has 0 saturated carbocycles. The van der Waals surface area contributed by atoms with Crippen molar-refractivity contribution in [1.29, 1.82) is 0 Å². The Hall–Kier alpha value is -1.79. The van der Waals surface area contributed by atoms with Crippen LogP contribution in [0.4, 0.5) is 4.79 Å². The summed E-state index contributed by atoms with van der Waals surface area (Å²) < 4.78 is 5.36. The number of hydrazine groups is 1. The summed E-state index contributed by atoms with van der Waals surface area (Å²) in [6, 6.07) is 7.16. The van der Waals surface area contributed by atoms with Crippen LogP contribution in [0.3, 0.4) is 0 Å². The highest BCUT2D eigenvalue weighted by molar-refractivity contribution is 5.72. The van der Waals surface area contributed by atoms with Crippen molar-refractivity contribution in [3.05, 3.63) is 29.8 Å². The molecule has 2 rings (SSSR count). The predicted molar refractivity (Wildman–Crippen MR) is 103 cm³/mol. The number of nitrogens with two attached hydrogens (primary N) is 1. The number of amides is 2. The Morgan fingerprint density at radius 3 is 2.69 bits per heavy atom. The number of primary amides is 1. The third-order valence-electron chi connectivity index (χ3n) is 5.04. The summed E-state index contributed by atoms with van der Waals surface area (Å²) in [6.07, 6.45) is 3.07. The Morgan fingerprint density at radius 1 is 1.38 bits per heavy atom. The molecule has 6 nitrogen and oxygen atoms in total. The van der Waals surface area contributed by atoms with E-state index in [-0.39, 0.29) is 12.1 Å². The molecule has 6 heteroatoms. The molecule has 2 unspecified atom stereocenters. The summed E-state index contributed by atoms with van der Waals surface area (Å²) in [5.41, 5.74) is 6.89. The van der Waals surface area contributed by atoms with Crippen LogP contribution in [0.5, 0.6) is 5.75 Å². The average Bonchev–Trinajstić information content (AvgIpc) is 2.61. The molecule has 0 aliphatic carbocycles. The number of urea groups is 1. The van der Waals surface area contributed by atoms with Crippen molar-refractivity contribution in [2.45, 2.75) is 64.6 Å². The first-order valence-electron chi connectivity index (χ1n) is 9.52. The third kappa shape index (κ3) is 4.89. The summed E-state index contributed by atoms with van der Waals surface area (Å²) >= 11 is 0. The van der Waals surface area contributed by atoms with Crippen molar-refractivity contribution in [2.75, 3.05) is 13.7 Å². The van der Waals surface area contributed by atoms with E-state index in [1.54, 1.807) is 19.0 Å². The standard InChI is InChI=1S/C20H33N3O3/c1-14(2)12-19(15(3)24)23(20(21)25)22-11-6-5-10-18(22)16-8-7-9-17(13-16)26-4/h7-9,13-15,18-19,24H,5-6,10-12H2,1-4H3,(H2,21,25)/t15?,18-,19?/m1/s1. The maximum atomic E-state index is 12.4. The van der Waals surface area contributed by atoms with Crippen LogP contribution >= 0.6 is 0 Å². The van der Waals surface area contributed by atoms with Gasteiger partial charge in [-0.15, -0.1) is 0 Å². The van der Waals surface area contributed by atoms with Gasteiger partial charge in [-0.1, -0.05) is 32.4 Å². The van der Waals surface area contributed by atoms with Crippen LogP contribution in [-0.2, 0) is 0 Å². The molecule has 3 N–H and O–H groups in total. The minimum Gasteiger partial charge on any atom is -0.497 e. The largest absolute Gasteiger partial charge is 0.497 e. The van der Waals surface area contributed by atoms with Gasteiger partial charge in [0.1, 0.15) is 5.75 Å². The van der Waals surface area contributed by atoms with Gasteiger partial charge in [0.2, 0.25) is 0 Å². The first-order chi connectivity index (χ1) is 12.3. The van der Waals surface area contributed by atoms with Crippen LogP contribution in [-0.4, -0.2) is 47.0 Å². The number of hydrogen-bond donors (Lipinski definition) is 2. The van der Waals surface area contributed by atoms with E-state index < -0.39 is 12.1 Å². The van der Waals surface area contributed by atoms with Crippen molar-refractivity contribution in [2.24, 2.45) is 11.7 Å². The van der Waals surface area contributed by atoms with E-state index in [1.165, 1.54) is 0 Å². The highest BCUT2D eigenvalue weighted by Crippen LogP contribution is 2.35. The Kier molecular flexibility index (Phi) is 7.29. The van der Waals surface area contributed by atoms with E-state index in [4.69, 9.17) is 10.5 Å². The third-order valence-corrected chi connectivity index (χ3v) is 5.04. The molecule has 1 heterocycles. The van der Waals surface area contributed by atoms with Crippen LogP contribution in [0.1, 0.15) is 58.1 Å². The lowest BCUT2D eigenvalue weighted by Gasteiger charge is -2.47. The van der Waals surface area contributed by atoms with Crippen LogP contribution in [0, 0.1) is 5.92 Å². The number of aliphatic hydroxyl groups excluding tert-OH is 1. The number of hydrogen-bond acceptors (Lipinski definition) is 4. The first kappa shape index (κ1) is 20.5. The van der Waals surface area contributed by atoms with Gasteiger partial charge < -0.3 is 15.6 Å². The van der Waals surface area contributed by atoms with Gasteiger partial charge in [0.15, 0.2) is 0 Å². The second kappa shape index (κ2) is 9.24. The van der Waals surface area contributed by atoms with Crippen molar-refractivity contribution >= 4 is 6.03 Å². The number of rotatable bonds is 7. The first-order valence-corrected chi connectivity index (χ1v) is 9.52. The van der Waals surface area contributed by atoms with E-state index in [0.29, 0.717) is 12.3 Å². The van der Waals surface area contributed by atoms with Gasteiger partial charge in [0.25, 0.3) is 0 Å². The predicted octanol–water partition coefficient (Wildman–Crippen LogP) is 3.31. The number of ether oxygens (including phenoxy) is 1. The fraction of sp³-hybridized carbons (Fsp3) is 0.650. The lowest BCUT2D eigenvalue weighted by molar-refractivity contribution is -0.0987. The Balaban J connectivity index is 2.38. The average molecular weight is 364 g/mol. The minimum absolute atomic E-state index is 0.0414. The van der Waals surface area contributed by atoms with Crippen LogP contribution in [0.25, 0.3) is 0 Å². The Labute approximate surface area is 156 Å². The highest BCUT2D eigenvalue weighted by Gasteiger charge is 2.37. The monoisotopic (exact) mass is 363 g/mol. The summed E-state index contributed by atoms with van der Waals surface area (Å²) in [5.74, 6) is 1.14. The number of carbonyl (C=O) groups is 1. The summed E-state index contributed by atoms with van der Waals surface area (Å²) in [6.45, 7) is 6.65. The van der Waals surface area contributed by atoms with Gasteiger partial charge in [-0.2, -0.15) is 0 Å². The molecular weight excluding hydrogens is 330 g/mol. The SMILES string of the molecule is COc1cccc([C@H]2CCCCN2N(C(N)=O)C(CC(C)C)C(C)O)c1. The van der Waals surface area contributed by atoms with Crippen molar-refractivity contribution < 1.29 is 14.6 Å². The van der Waals surface area contributed by atoms with Gasteiger partial charge in [-0.25, -0.2) is 9.80 Å². The molecule has 0 radical (unpaired) electrons.